The van der Waals surface area contributed by atoms with Crippen LogP contribution in [0.5, 0.6) is 0 Å². The molecule has 2 rings (SSSR count). The van der Waals surface area contributed by atoms with Crippen molar-refractivity contribution in [2.75, 3.05) is 6.54 Å². The van der Waals surface area contributed by atoms with Crippen LogP contribution in [0.15, 0.2) is 36.5 Å². The van der Waals surface area contributed by atoms with Gasteiger partial charge in [0.25, 0.3) is 5.91 Å². The molecule has 5 heteroatoms. The van der Waals surface area contributed by atoms with Gasteiger partial charge in [0.05, 0.1) is 17.3 Å². The van der Waals surface area contributed by atoms with Crippen LogP contribution >= 0.6 is 11.3 Å². The van der Waals surface area contributed by atoms with Gasteiger partial charge in [-0.1, -0.05) is 37.3 Å². The molecule has 0 saturated heterocycles. The fourth-order valence-electron chi connectivity index (χ4n) is 2.52. The smallest absolute Gasteiger partial charge is 0.263 e. The van der Waals surface area contributed by atoms with Crippen LogP contribution in [0, 0.1) is 0 Å². The molecule has 1 heterocycles. The maximum absolute atomic E-state index is 12.3. The van der Waals surface area contributed by atoms with Gasteiger partial charge in [-0.3, -0.25) is 4.79 Å². The second kappa shape index (κ2) is 8.79. The van der Waals surface area contributed by atoms with E-state index >= 15 is 0 Å². The van der Waals surface area contributed by atoms with Crippen LogP contribution in [0.3, 0.4) is 0 Å². The normalized spacial score (nSPS) is 13.5. The standard InChI is InChI=1S/C18H24N2O2S/c1-3-7-17-19-12-16(23-17)18(22)20-11-15(10-13(2)21)14-8-5-4-6-9-14/h4-6,8-9,12-13,15,21H,3,7,10-11H2,1-2H3,(H,20,22). The highest BCUT2D eigenvalue weighted by Gasteiger charge is 2.17. The Morgan fingerprint density at radius 2 is 2.09 bits per heavy atom. The number of benzene rings is 1. The number of nitrogens with zero attached hydrogens (tertiary/aromatic N) is 1. The number of nitrogens with one attached hydrogen (secondary N) is 1. The quantitative estimate of drug-likeness (QED) is 0.779. The van der Waals surface area contributed by atoms with Crippen molar-refractivity contribution in [3.63, 3.8) is 0 Å². The third kappa shape index (κ3) is 5.44. The average molecular weight is 332 g/mol. The minimum atomic E-state index is -0.406. The summed E-state index contributed by atoms with van der Waals surface area (Å²) in [5, 5.41) is 13.7. The van der Waals surface area contributed by atoms with Crippen molar-refractivity contribution in [3.05, 3.63) is 52.0 Å². The number of thiazole rings is 1. The first-order chi connectivity index (χ1) is 11.1. The van der Waals surface area contributed by atoms with Gasteiger partial charge in [0.1, 0.15) is 4.88 Å². The van der Waals surface area contributed by atoms with Gasteiger partial charge in [-0.15, -0.1) is 11.3 Å². The maximum Gasteiger partial charge on any atom is 0.263 e. The Bertz CT molecular complexity index is 610. The monoisotopic (exact) mass is 332 g/mol. The Hall–Kier alpha value is -1.72. The van der Waals surface area contributed by atoms with Gasteiger partial charge in [-0.25, -0.2) is 4.98 Å². The van der Waals surface area contributed by atoms with Crippen LogP contribution in [0.25, 0.3) is 0 Å². The SMILES string of the molecule is CCCc1ncc(C(=O)NCC(CC(C)O)c2ccccc2)s1. The van der Waals surface area contributed by atoms with E-state index in [2.05, 4.69) is 17.2 Å². The van der Waals surface area contributed by atoms with E-state index in [9.17, 15) is 9.90 Å². The third-order valence-electron chi connectivity index (χ3n) is 3.65. The van der Waals surface area contributed by atoms with E-state index in [1.165, 1.54) is 11.3 Å². The van der Waals surface area contributed by atoms with E-state index in [1.54, 1.807) is 13.1 Å². The summed E-state index contributed by atoms with van der Waals surface area (Å²) < 4.78 is 0. The topological polar surface area (TPSA) is 62.2 Å². The predicted molar refractivity (Wildman–Crippen MR) is 93.9 cm³/mol. The molecule has 0 saturated carbocycles. The molecule has 0 spiro atoms. The highest BCUT2D eigenvalue weighted by molar-refractivity contribution is 7.13. The molecule has 0 radical (unpaired) electrons. The van der Waals surface area contributed by atoms with Gasteiger partial charge in [0, 0.05) is 12.5 Å². The van der Waals surface area contributed by atoms with Crippen molar-refractivity contribution >= 4 is 17.2 Å². The van der Waals surface area contributed by atoms with Crippen molar-refractivity contribution in [1.29, 1.82) is 0 Å². The highest BCUT2D eigenvalue weighted by Crippen LogP contribution is 2.21. The molecule has 2 aromatic rings. The first-order valence-corrected chi connectivity index (χ1v) is 8.87. The van der Waals surface area contributed by atoms with Crippen LogP contribution in [0.1, 0.15) is 52.8 Å². The number of carbonyl (C=O) groups is 1. The fraction of sp³-hybridized carbons (Fsp3) is 0.444. The molecule has 2 N–H and O–H groups in total. The summed E-state index contributed by atoms with van der Waals surface area (Å²) in [6.45, 7) is 4.38. The van der Waals surface area contributed by atoms with Crippen LogP contribution in [-0.4, -0.2) is 28.6 Å². The number of aryl methyl sites for hydroxylation is 1. The lowest BCUT2D eigenvalue weighted by Gasteiger charge is -2.19. The van der Waals surface area contributed by atoms with E-state index in [0.717, 1.165) is 23.4 Å². The molecule has 4 nitrogen and oxygen atoms in total. The van der Waals surface area contributed by atoms with Crippen LogP contribution in [-0.2, 0) is 6.42 Å². The molecule has 0 aliphatic rings. The number of rotatable bonds is 8. The predicted octanol–water partition coefficient (Wildman–Crippen LogP) is 3.38. The molecule has 0 fully saturated rings. The van der Waals surface area contributed by atoms with Crippen LogP contribution in [0.2, 0.25) is 0 Å². The Morgan fingerprint density at radius 1 is 1.35 bits per heavy atom. The summed E-state index contributed by atoms with van der Waals surface area (Å²) in [6.07, 6.45) is 3.80. The van der Waals surface area contributed by atoms with E-state index < -0.39 is 6.10 Å². The fourth-order valence-corrected chi connectivity index (χ4v) is 3.46. The first-order valence-electron chi connectivity index (χ1n) is 8.06. The minimum Gasteiger partial charge on any atom is -0.393 e. The lowest BCUT2D eigenvalue weighted by Crippen LogP contribution is -2.29. The molecular weight excluding hydrogens is 308 g/mol. The van der Waals surface area contributed by atoms with Crippen molar-refractivity contribution in [2.24, 2.45) is 0 Å². The number of hydrogen-bond acceptors (Lipinski definition) is 4. The van der Waals surface area contributed by atoms with Crippen LogP contribution in [0.4, 0.5) is 0 Å². The molecule has 0 aliphatic carbocycles. The lowest BCUT2D eigenvalue weighted by atomic mass is 9.93. The number of aliphatic hydroxyl groups excluding tert-OH is 1. The molecule has 2 unspecified atom stereocenters. The van der Waals surface area contributed by atoms with Gasteiger partial charge in [-0.05, 0) is 31.7 Å². The summed E-state index contributed by atoms with van der Waals surface area (Å²) in [4.78, 5) is 17.2. The molecule has 0 aliphatic heterocycles. The van der Waals surface area contributed by atoms with Gasteiger partial charge >= 0.3 is 0 Å². The van der Waals surface area contributed by atoms with E-state index in [4.69, 9.17) is 0 Å². The molecule has 1 amide bonds. The average Bonchev–Trinajstić information content (AvgIpc) is 3.01. The molecule has 1 aromatic heterocycles. The van der Waals surface area contributed by atoms with Crippen molar-refractivity contribution in [3.8, 4) is 0 Å². The van der Waals surface area contributed by atoms with Crippen molar-refractivity contribution < 1.29 is 9.90 Å². The summed E-state index contributed by atoms with van der Waals surface area (Å²) in [7, 11) is 0. The minimum absolute atomic E-state index is 0.0867. The number of hydrogen-bond donors (Lipinski definition) is 2. The second-order valence-corrected chi connectivity index (χ2v) is 6.89. The molecule has 1 aromatic carbocycles. The molecular formula is C18H24N2O2S. The van der Waals surface area contributed by atoms with Crippen molar-refractivity contribution in [1.82, 2.24) is 10.3 Å². The molecule has 0 bridgehead atoms. The first kappa shape index (κ1) is 17.6. The number of aromatic nitrogens is 1. The lowest BCUT2D eigenvalue weighted by molar-refractivity contribution is 0.0949. The highest BCUT2D eigenvalue weighted by atomic mass is 32.1. The van der Waals surface area contributed by atoms with Gasteiger partial charge < -0.3 is 10.4 Å². The largest absolute Gasteiger partial charge is 0.393 e. The number of aliphatic hydroxyl groups is 1. The Labute approximate surface area is 141 Å². The van der Waals surface area contributed by atoms with E-state index in [0.29, 0.717) is 17.8 Å². The van der Waals surface area contributed by atoms with Gasteiger partial charge in [-0.2, -0.15) is 0 Å². The summed E-state index contributed by atoms with van der Waals surface area (Å²) in [5.74, 6) is 0.0135. The number of amides is 1. The summed E-state index contributed by atoms with van der Waals surface area (Å²) in [6, 6.07) is 9.99. The van der Waals surface area contributed by atoms with Crippen molar-refractivity contribution in [2.45, 2.75) is 45.1 Å². The Kier molecular flexibility index (Phi) is 6.74. The van der Waals surface area contributed by atoms with Crippen LogP contribution < -0.4 is 5.32 Å². The summed E-state index contributed by atoms with van der Waals surface area (Å²) >= 11 is 1.45. The third-order valence-corrected chi connectivity index (χ3v) is 4.70. The zero-order valence-electron chi connectivity index (χ0n) is 13.7. The zero-order chi connectivity index (χ0) is 16.7. The van der Waals surface area contributed by atoms with Gasteiger partial charge in [0.15, 0.2) is 0 Å². The van der Waals surface area contributed by atoms with E-state index in [1.807, 2.05) is 30.3 Å². The zero-order valence-corrected chi connectivity index (χ0v) is 14.5. The Morgan fingerprint density at radius 3 is 2.74 bits per heavy atom. The van der Waals surface area contributed by atoms with E-state index in [-0.39, 0.29) is 11.8 Å². The Balaban J connectivity index is 1.98. The molecule has 2 atom stereocenters. The summed E-state index contributed by atoms with van der Waals surface area (Å²) in [5.41, 5.74) is 1.13. The molecule has 23 heavy (non-hydrogen) atoms. The maximum atomic E-state index is 12.3. The molecule has 124 valence electrons. The van der Waals surface area contributed by atoms with Gasteiger partial charge in [0.2, 0.25) is 0 Å². The number of carbonyl (C=O) groups excluding carboxylic acids is 1. The second-order valence-electron chi connectivity index (χ2n) is 5.77.